The van der Waals surface area contributed by atoms with Crippen molar-refractivity contribution in [3.8, 4) is 0 Å². The fourth-order valence-electron chi connectivity index (χ4n) is 4.10. The van der Waals surface area contributed by atoms with Gasteiger partial charge in [0.2, 0.25) is 0 Å². The predicted octanol–water partition coefficient (Wildman–Crippen LogP) is 2.91. The summed E-state index contributed by atoms with van der Waals surface area (Å²) in [5.74, 6) is 1.56. The summed E-state index contributed by atoms with van der Waals surface area (Å²) in [4.78, 5) is 17.4. The van der Waals surface area contributed by atoms with Gasteiger partial charge in [0, 0.05) is 26.2 Å². The highest BCUT2D eigenvalue weighted by Gasteiger charge is 2.61. The maximum Gasteiger partial charge on any atom is 0.254 e. The van der Waals surface area contributed by atoms with Crippen molar-refractivity contribution in [3.63, 3.8) is 0 Å². The molecule has 0 atom stereocenters. The Hall–Kier alpha value is -0.610. The number of nitrogens with zero attached hydrogens (tertiary/aromatic N) is 2. The van der Waals surface area contributed by atoms with E-state index < -0.39 is 5.60 Å². The molecule has 1 amide bonds. The highest BCUT2D eigenvalue weighted by atomic mass is 16.5. The summed E-state index contributed by atoms with van der Waals surface area (Å²) in [6.45, 7) is 14.1. The van der Waals surface area contributed by atoms with Gasteiger partial charge in [-0.1, -0.05) is 27.7 Å². The smallest absolute Gasteiger partial charge is 0.254 e. The van der Waals surface area contributed by atoms with Crippen LogP contribution < -0.4 is 0 Å². The number of amides is 1. The number of likely N-dealkylation sites (tertiary alicyclic amines) is 1. The third kappa shape index (κ3) is 3.74. The molecule has 0 aromatic rings. The number of hydrogen-bond donors (Lipinski definition) is 0. The van der Waals surface area contributed by atoms with Gasteiger partial charge in [0.15, 0.2) is 0 Å². The maximum atomic E-state index is 12.7. The molecule has 0 N–H and O–H groups in total. The summed E-state index contributed by atoms with van der Waals surface area (Å²) in [6.07, 6.45) is 5.29. The van der Waals surface area contributed by atoms with E-state index in [0.29, 0.717) is 5.92 Å². The van der Waals surface area contributed by atoms with E-state index in [-0.39, 0.29) is 11.5 Å². The number of ether oxygens (including phenoxy) is 1. The number of morpholine rings is 1. The molecular formula is C19H34N2O2. The summed E-state index contributed by atoms with van der Waals surface area (Å²) in [5, 5.41) is 0. The van der Waals surface area contributed by atoms with Crippen LogP contribution in [0.4, 0.5) is 0 Å². The van der Waals surface area contributed by atoms with Crippen molar-refractivity contribution >= 4 is 5.91 Å². The Bertz CT molecular complexity index is 435. The molecule has 0 aromatic carbocycles. The zero-order valence-corrected chi connectivity index (χ0v) is 15.4. The Morgan fingerprint density at radius 3 is 2.22 bits per heavy atom. The van der Waals surface area contributed by atoms with Crippen LogP contribution in [0.5, 0.6) is 0 Å². The van der Waals surface area contributed by atoms with Gasteiger partial charge in [0.25, 0.3) is 5.91 Å². The van der Waals surface area contributed by atoms with Crippen LogP contribution in [0, 0.1) is 11.8 Å². The summed E-state index contributed by atoms with van der Waals surface area (Å²) in [5.41, 5.74) is -0.513. The van der Waals surface area contributed by atoms with Gasteiger partial charge in [0.05, 0.1) is 5.60 Å². The van der Waals surface area contributed by atoms with Crippen LogP contribution in [0.3, 0.4) is 0 Å². The normalized spacial score (nSPS) is 26.7. The lowest BCUT2D eigenvalue weighted by atomic mass is 9.87. The van der Waals surface area contributed by atoms with Gasteiger partial charge in [0.1, 0.15) is 5.60 Å². The van der Waals surface area contributed by atoms with Gasteiger partial charge >= 0.3 is 0 Å². The van der Waals surface area contributed by atoms with Crippen molar-refractivity contribution in [3.05, 3.63) is 0 Å². The number of piperidine rings is 1. The molecule has 0 bridgehead atoms. The molecule has 0 unspecified atom stereocenters. The lowest BCUT2D eigenvalue weighted by Crippen LogP contribution is -2.63. The molecule has 2 spiro atoms. The quantitative estimate of drug-likeness (QED) is 0.780. The van der Waals surface area contributed by atoms with E-state index in [1.165, 1.54) is 13.0 Å². The third-order valence-corrected chi connectivity index (χ3v) is 5.65. The first-order valence-electron chi connectivity index (χ1n) is 9.56. The van der Waals surface area contributed by atoms with E-state index in [1.54, 1.807) is 0 Å². The Morgan fingerprint density at radius 2 is 1.70 bits per heavy atom. The second-order valence-corrected chi connectivity index (χ2v) is 8.88. The number of carbonyl (C=O) groups is 1. The van der Waals surface area contributed by atoms with Crippen molar-refractivity contribution in [1.29, 1.82) is 0 Å². The lowest BCUT2D eigenvalue weighted by Gasteiger charge is -2.50. The molecule has 3 aliphatic rings. The van der Waals surface area contributed by atoms with Crippen LogP contribution in [0.1, 0.15) is 59.8 Å². The molecule has 4 nitrogen and oxygen atoms in total. The molecule has 2 saturated heterocycles. The number of carbonyl (C=O) groups excluding carboxylic acids is 1. The van der Waals surface area contributed by atoms with Gasteiger partial charge in [-0.25, -0.2) is 0 Å². The summed E-state index contributed by atoms with van der Waals surface area (Å²) >= 11 is 0. The number of hydrogen-bond acceptors (Lipinski definition) is 3. The van der Waals surface area contributed by atoms with E-state index in [1.807, 2.05) is 0 Å². The van der Waals surface area contributed by atoms with Gasteiger partial charge in [-0.15, -0.1) is 0 Å². The Kier molecular flexibility index (Phi) is 4.76. The van der Waals surface area contributed by atoms with Crippen molar-refractivity contribution in [2.24, 2.45) is 11.8 Å². The van der Waals surface area contributed by atoms with E-state index >= 15 is 0 Å². The average Bonchev–Trinajstić information content (AvgIpc) is 3.24. The van der Waals surface area contributed by atoms with Crippen molar-refractivity contribution < 1.29 is 9.53 Å². The molecule has 1 saturated carbocycles. The van der Waals surface area contributed by atoms with Crippen molar-refractivity contribution in [1.82, 2.24) is 9.80 Å². The molecule has 0 radical (unpaired) electrons. The van der Waals surface area contributed by atoms with Gasteiger partial charge in [-0.3, -0.25) is 4.79 Å². The minimum absolute atomic E-state index is 0.0758. The predicted molar refractivity (Wildman–Crippen MR) is 92.3 cm³/mol. The zero-order valence-electron chi connectivity index (χ0n) is 15.4. The average molecular weight is 322 g/mol. The van der Waals surface area contributed by atoms with E-state index in [0.717, 1.165) is 57.8 Å². The summed E-state index contributed by atoms with van der Waals surface area (Å²) in [7, 11) is 0. The topological polar surface area (TPSA) is 32.8 Å². The standard InChI is InChI=1S/C19H34N2O2/c1-15(2)5-10-20-11-8-18(9-12-20)14-21(13-16(3)4)17(22)19(23-18)6-7-19/h15-16H,5-14H2,1-4H3. The highest BCUT2D eigenvalue weighted by molar-refractivity contribution is 5.89. The molecule has 23 heavy (non-hydrogen) atoms. The van der Waals surface area contributed by atoms with Crippen LogP contribution >= 0.6 is 0 Å². The summed E-state index contributed by atoms with van der Waals surface area (Å²) < 4.78 is 6.49. The van der Waals surface area contributed by atoms with Crippen molar-refractivity contribution in [2.45, 2.75) is 71.0 Å². The molecule has 3 fully saturated rings. The Balaban J connectivity index is 1.62. The van der Waals surface area contributed by atoms with Crippen LogP contribution in [-0.4, -0.2) is 59.6 Å². The van der Waals surface area contributed by atoms with Crippen LogP contribution in [-0.2, 0) is 9.53 Å². The number of rotatable bonds is 5. The first-order chi connectivity index (χ1) is 10.8. The minimum Gasteiger partial charge on any atom is -0.357 e. The van der Waals surface area contributed by atoms with E-state index in [2.05, 4.69) is 37.5 Å². The fourth-order valence-corrected chi connectivity index (χ4v) is 4.10. The highest BCUT2D eigenvalue weighted by Crippen LogP contribution is 2.50. The van der Waals surface area contributed by atoms with Crippen molar-refractivity contribution in [2.75, 3.05) is 32.7 Å². The molecular weight excluding hydrogens is 288 g/mol. The minimum atomic E-state index is -0.437. The zero-order chi connectivity index (χ0) is 16.7. The van der Waals surface area contributed by atoms with E-state index in [9.17, 15) is 4.79 Å². The largest absolute Gasteiger partial charge is 0.357 e. The monoisotopic (exact) mass is 322 g/mol. The molecule has 2 heterocycles. The molecule has 3 rings (SSSR count). The first kappa shape index (κ1) is 17.2. The second kappa shape index (κ2) is 6.36. The van der Waals surface area contributed by atoms with Gasteiger partial charge in [-0.05, 0) is 50.5 Å². The maximum absolute atomic E-state index is 12.7. The van der Waals surface area contributed by atoms with Crippen LogP contribution in [0.15, 0.2) is 0 Å². The first-order valence-corrected chi connectivity index (χ1v) is 9.56. The lowest BCUT2D eigenvalue weighted by molar-refractivity contribution is -0.201. The van der Waals surface area contributed by atoms with Crippen LogP contribution in [0.2, 0.25) is 0 Å². The molecule has 2 aliphatic heterocycles. The third-order valence-electron chi connectivity index (χ3n) is 5.65. The Labute approximate surface area is 141 Å². The molecule has 1 aliphatic carbocycles. The fraction of sp³-hybridized carbons (Fsp3) is 0.947. The van der Waals surface area contributed by atoms with Gasteiger partial charge in [-0.2, -0.15) is 0 Å². The van der Waals surface area contributed by atoms with Crippen LogP contribution in [0.25, 0.3) is 0 Å². The SMILES string of the molecule is CC(C)CCN1CCC2(CC1)CN(CC(C)C)C(=O)C1(CC1)O2. The van der Waals surface area contributed by atoms with E-state index in [4.69, 9.17) is 4.74 Å². The Morgan fingerprint density at radius 1 is 1.04 bits per heavy atom. The molecule has 4 heteroatoms. The molecule has 0 aromatic heterocycles. The van der Waals surface area contributed by atoms with Gasteiger partial charge < -0.3 is 14.5 Å². The second-order valence-electron chi connectivity index (χ2n) is 8.88. The molecule has 132 valence electrons. The summed E-state index contributed by atoms with van der Waals surface area (Å²) in [6, 6.07) is 0.